The van der Waals surface area contributed by atoms with Crippen LogP contribution in [0.2, 0.25) is 0 Å². The first-order valence-corrected chi connectivity index (χ1v) is 12.3. The number of carbonyl (C=O) groups is 1. The molecule has 0 heterocycles. The van der Waals surface area contributed by atoms with Gasteiger partial charge in [0.05, 0.1) is 6.10 Å². The van der Waals surface area contributed by atoms with Crippen molar-refractivity contribution in [2.45, 2.75) is 111 Å². The SMILES string of the molecule is CC(C)N(C(=O)[C@H]1CC[C@H]2[C@@H]3CCC4=C[C@H](O)CC[C@]4(C)[C@H]3CC[C@]12C)C(C)C. The summed E-state index contributed by atoms with van der Waals surface area (Å²) < 4.78 is 0. The van der Waals surface area contributed by atoms with Gasteiger partial charge >= 0.3 is 0 Å². The molecule has 0 aromatic rings. The van der Waals surface area contributed by atoms with Crippen LogP contribution in [-0.4, -0.2) is 34.1 Å². The van der Waals surface area contributed by atoms with E-state index >= 15 is 0 Å². The van der Waals surface area contributed by atoms with Crippen LogP contribution in [0.3, 0.4) is 0 Å². The molecule has 0 bridgehead atoms. The van der Waals surface area contributed by atoms with Crippen LogP contribution in [0.15, 0.2) is 11.6 Å². The van der Waals surface area contributed by atoms with Crippen molar-refractivity contribution in [3.05, 3.63) is 11.6 Å². The number of aliphatic hydroxyl groups is 1. The van der Waals surface area contributed by atoms with E-state index in [2.05, 4.69) is 52.5 Å². The number of hydrogen-bond donors (Lipinski definition) is 1. The van der Waals surface area contributed by atoms with Gasteiger partial charge in [0.2, 0.25) is 5.91 Å². The summed E-state index contributed by atoms with van der Waals surface area (Å²) in [5.41, 5.74) is 2.00. The van der Waals surface area contributed by atoms with Gasteiger partial charge in [-0.25, -0.2) is 0 Å². The van der Waals surface area contributed by atoms with Gasteiger partial charge in [-0.3, -0.25) is 4.79 Å². The quantitative estimate of drug-likeness (QED) is 0.628. The molecule has 1 N–H and O–H groups in total. The van der Waals surface area contributed by atoms with E-state index in [0.717, 1.165) is 37.5 Å². The van der Waals surface area contributed by atoms with E-state index in [4.69, 9.17) is 0 Å². The van der Waals surface area contributed by atoms with E-state index < -0.39 is 0 Å². The maximum atomic E-state index is 13.7. The van der Waals surface area contributed by atoms with Crippen molar-refractivity contribution in [2.75, 3.05) is 0 Å². The molecule has 0 aromatic carbocycles. The maximum absolute atomic E-state index is 13.7. The van der Waals surface area contributed by atoms with E-state index in [-0.39, 0.29) is 34.9 Å². The van der Waals surface area contributed by atoms with Crippen molar-refractivity contribution in [1.82, 2.24) is 4.90 Å². The lowest BCUT2D eigenvalue weighted by Crippen LogP contribution is -2.53. The van der Waals surface area contributed by atoms with Crippen molar-refractivity contribution in [3.8, 4) is 0 Å². The highest BCUT2D eigenvalue weighted by molar-refractivity contribution is 5.80. The fraction of sp³-hybridized carbons (Fsp3) is 0.885. The first-order valence-electron chi connectivity index (χ1n) is 12.3. The summed E-state index contributed by atoms with van der Waals surface area (Å²) in [6, 6.07) is 0.549. The van der Waals surface area contributed by atoms with Crippen molar-refractivity contribution < 1.29 is 9.90 Å². The molecule has 7 atom stereocenters. The van der Waals surface area contributed by atoms with Gasteiger partial charge in [0.25, 0.3) is 0 Å². The van der Waals surface area contributed by atoms with Gasteiger partial charge in [-0.05, 0) is 108 Å². The van der Waals surface area contributed by atoms with Crippen molar-refractivity contribution in [3.63, 3.8) is 0 Å². The third kappa shape index (κ3) is 3.22. The summed E-state index contributed by atoms with van der Waals surface area (Å²) in [4.78, 5) is 15.8. The molecule has 0 aromatic heterocycles. The fourth-order valence-electron chi connectivity index (χ4n) is 8.40. The zero-order valence-corrected chi connectivity index (χ0v) is 19.6. The Kier molecular flexibility index (Phi) is 5.46. The van der Waals surface area contributed by atoms with E-state index in [1.54, 1.807) is 0 Å². The Morgan fingerprint density at radius 1 is 1.00 bits per heavy atom. The Bertz CT molecular complexity index is 674. The van der Waals surface area contributed by atoms with Gasteiger partial charge in [0.15, 0.2) is 0 Å². The minimum atomic E-state index is -0.227. The Morgan fingerprint density at radius 3 is 2.34 bits per heavy atom. The first kappa shape index (κ1) is 21.4. The third-order valence-corrected chi connectivity index (χ3v) is 9.75. The molecular weight excluding hydrogens is 358 g/mol. The summed E-state index contributed by atoms with van der Waals surface area (Å²) in [6.45, 7) is 13.6. The fourth-order valence-corrected chi connectivity index (χ4v) is 8.40. The molecule has 29 heavy (non-hydrogen) atoms. The molecule has 3 fully saturated rings. The summed E-state index contributed by atoms with van der Waals surface area (Å²) in [6.07, 6.45) is 11.2. The Balaban J connectivity index is 1.59. The molecule has 4 aliphatic rings. The van der Waals surface area contributed by atoms with Gasteiger partial charge < -0.3 is 10.0 Å². The number of allylic oxidation sites excluding steroid dienone is 1. The average molecular weight is 402 g/mol. The lowest BCUT2D eigenvalue weighted by molar-refractivity contribution is -0.146. The van der Waals surface area contributed by atoms with Crippen LogP contribution in [0.5, 0.6) is 0 Å². The third-order valence-electron chi connectivity index (χ3n) is 9.75. The van der Waals surface area contributed by atoms with Crippen molar-refractivity contribution in [2.24, 2.45) is 34.5 Å². The Labute approximate surface area is 178 Å². The second-order valence-electron chi connectivity index (χ2n) is 11.7. The highest BCUT2D eigenvalue weighted by atomic mass is 16.3. The molecule has 3 heteroatoms. The average Bonchev–Trinajstić information content (AvgIpc) is 2.99. The second-order valence-corrected chi connectivity index (χ2v) is 11.7. The van der Waals surface area contributed by atoms with Crippen LogP contribution >= 0.6 is 0 Å². The molecule has 0 radical (unpaired) electrons. The van der Waals surface area contributed by atoms with Crippen LogP contribution in [0, 0.1) is 34.5 Å². The molecule has 3 nitrogen and oxygen atoms in total. The smallest absolute Gasteiger partial charge is 0.226 e. The van der Waals surface area contributed by atoms with Crippen LogP contribution in [0.25, 0.3) is 0 Å². The van der Waals surface area contributed by atoms with Gasteiger partial charge in [0, 0.05) is 18.0 Å². The Hall–Kier alpha value is -0.830. The molecule has 0 saturated heterocycles. The van der Waals surface area contributed by atoms with Gasteiger partial charge in [0.1, 0.15) is 0 Å². The lowest BCUT2D eigenvalue weighted by Gasteiger charge is -2.58. The molecule has 1 amide bonds. The van der Waals surface area contributed by atoms with Crippen LogP contribution in [-0.2, 0) is 4.79 Å². The predicted molar refractivity (Wildman–Crippen MR) is 118 cm³/mol. The summed E-state index contributed by atoms with van der Waals surface area (Å²) in [5, 5.41) is 10.2. The number of fused-ring (bicyclic) bond motifs is 5. The Morgan fingerprint density at radius 2 is 1.69 bits per heavy atom. The number of nitrogens with zero attached hydrogens (tertiary/aromatic N) is 1. The highest BCUT2D eigenvalue weighted by Gasteiger charge is 2.60. The normalized spacial score (nSPS) is 44.2. The second kappa shape index (κ2) is 7.39. The standard InChI is InChI=1S/C26H43NO2/c1-16(2)27(17(3)4)24(29)23-10-9-21-20-8-7-18-15-19(28)11-13-25(18,5)22(20)12-14-26(21,23)6/h15-17,19-23,28H,7-14H2,1-6H3/t19-,20+,21+,22+,23-,25+,26+/m1/s1. The molecule has 4 aliphatic carbocycles. The minimum Gasteiger partial charge on any atom is -0.389 e. The summed E-state index contributed by atoms with van der Waals surface area (Å²) in [5.74, 6) is 2.82. The van der Waals surface area contributed by atoms with E-state index in [1.807, 2.05) is 0 Å². The molecule has 0 spiro atoms. The monoisotopic (exact) mass is 401 g/mol. The van der Waals surface area contributed by atoms with Crippen molar-refractivity contribution >= 4 is 5.91 Å². The zero-order valence-electron chi connectivity index (χ0n) is 19.6. The molecule has 4 rings (SSSR count). The molecule has 0 aliphatic heterocycles. The largest absolute Gasteiger partial charge is 0.389 e. The lowest BCUT2D eigenvalue weighted by atomic mass is 9.47. The zero-order chi connectivity index (χ0) is 21.1. The first-order chi connectivity index (χ1) is 13.6. The van der Waals surface area contributed by atoms with Crippen LogP contribution < -0.4 is 0 Å². The van der Waals surface area contributed by atoms with Crippen molar-refractivity contribution in [1.29, 1.82) is 0 Å². The minimum absolute atomic E-state index is 0.173. The molecule has 0 unspecified atom stereocenters. The molecule has 164 valence electrons. The highest BCUT2D eigenvalue weighted by Crippen LogP contribution is 2.66. The topological polar surface area (TPSA) is 40.5 Å². The number of hydrogen-bond acceptors (Lipinski definition) is 2. The number of amides is 1. The van der Waals surface area contributed by atoms with E-state index in [1.165, 1.54) is 31.3 Å². The summed E-state index contributed by atoms with van der Waals surface area (Å²) in [7, 11) is 0. The molecular formula is C26H43NO2. The van der Waals surface area contributed by atoms with Gasteiger partial charge in [-0.2, -0.15) is 0 Å². The maximum Gasteiger partial charge on any atom is 0.226 e. The van der Waals surface area contributed by atoms with Gasteiger partial charge in [-0.1, -0.05) is 25.5 Å². The van der Waals surface area contributed by atoms with Crippen LogP contribution in [0.4, 0.5) is 0 Å². The number of rotatable bonds is 3. The predicted octanol–water partition coefficient (Wildman–Crippen LogP) is 5.57. The van der Waals surface area contributed by atoms with E-state index in [9.17, 15) is 9.90 Å². The number of aliphatic hydroxyl groups excluding tert-OH is 1. The summed E-state index contributed by atoms with van der Waals surface area (Å²) >= 11 is 0. The van der Waals surface area contributed by atoms with Gasteiger partial charge in [-0.15, -0.1) is 0 Å². The molecule has 3 saturated carbocycles. The van der Waals surface area contributed by atoms with Crippen LogP contribution in [0.1, 0.15) is 92.9 Å². The number of carbonyl (C=O) groups excluding carboxylic acids is 1. The van der Waals surface area contributed by atoms with E-state index in [0.29, 0.717) is 11.8 Å².